The minimum atomic E-state index is -3.25. The van der Waals surface area contributed by atoms with Gasteiger partial charge in [0.05, 0.1) is 23.0 Å². The maximum absolute atomic E-state index is 13.5. The Balaban J connectivity index is 1.97. The molecule has 1 aliphatic carbocycles. The molecule has 0 radical (unpaired) electrons. The summed E-state index contributed by atoms with van der Waals surface area (Å²) in [7, 11) is -3.25. The van der Waals surface area contributed by atoms with Gasteiger partial charge in [-0.2, -0.15) is 0 Å². The Hall–Kier alpha value is -1.40. The maximum Gasteiger partial charge on any atom is 0.233 e. The molecule has 138 valence electrons. The molecule has 1 atom stereocenters. The molecule has 25 heavy (non-hydrogen) atoms. The highest BCUT2D eigenvalue weighted by Crippen LogP contribution is 2.42. The fraction of sp³-hybridized carbons (Fsp3) is 0.632. The van der Waals surface area contributed by atoms with Crippen LogP contribution in [-0.4, -0.2) is 49.8 Å². The van der Waals surface area contributed by atoms with Gasteiger partial charge >= 0.3 is 0 Å². The van der Waals surface area contributed by atoms with Gasteiger partial charge in [0.1, 0.15) is 0 Å². The molecule has 1 aliphatic heterocycles. The first-order valence-electron chi connectivity index (χ1n) is 9.11. The van der Waals surface area contributed by atoms with Crippen molar-refractivity contribution in [1.82, 2.24) is 4.90 Å². The highest BCUT2D eigenvalue weighted by Gasteiger charge is 2.45. The summed E-state index contributed by atoms with van der Waals surface area (Å²) in [6.07, 6.45) is 7.68. The number of nitrogens with zero attached hydrogens (tertiary/aromatic N) is 1. The second-order valence-electron chi connectivity index (χ2n) is 7.42. The van der Waals surface area contributed by atoms with Crippen molar-refractivity contribution in [1.29, 1.82) is 0 Å². The number of rotatable bonds is 4. The summed E-state index contributed by atoms with van der Waals surface area (Å²) in [6, 6.07) is 6.76. The lowest BCUT2D eigenvalue weighted by atomic mass is 9.68. The largest absolute Gasteiger partial charge is 0.394 e. The number of aliphatic hydroxyl groups is 1. The SMILES string of the molecule is CS(=O)(=O)c1ccc(C2(C(=O)N3CCC[C@@H]3CO)CCCCC2)cc1. The molecule has 0 spiro atoms. The van der Waals surface area contributed by atoms with Crippen molar-refractivity contribution in [2.24, 2.45) is 0 Å². The Morgan fingerprint density at radius 1 is 1.16 bits per heavy atom. The monoisotopic (exact) mass is 365 g/mol. The van der Waals surface area contributed by atoms with Crippen LogP contribution in [0.3, 0.4) is 0 Å². The molecule has 5 nitrogen and oxygen atoms in total. The van der Waals surface area contributed by atoms with Gasteiger partial charge in [0.15, 0.2) is 9.84 Å². The number of benzene rings is 1. The van der Waals surface area contributed by atoms with Crippen molar-refractivity contribution in [2.75, 3.05) is 19.4 Å². The molecule has 1 saturated carbocycles. The van der Waals surface area contributed by atoms with Gasteiger partial charge in [0.2, 0.25) is 5.91 Å². The zero-order chi connectivity index (χ0) is 18.1. The van der Waals surface area contributed by atoms with Crippen LogP contribution in [-0.2, 0) is 20.0 Å². The molecule has 2 fully saturated rings. The number of hydrogen-bond donors (Lipinski definition) is 1. The van der Waals surface area contributed by atoms with Crippen molar-refractivity contribution in [2.45, 2.75) is 61.3 Å². The Bertz CT molecular complexity index is 720. The van der Waals surface area contributed by atoms with Gasteiger partial charge in [-0.15, -0.1) is 0 Å². The van der Waals surface area contributed by atoms with Gasteiger partial charge in [0.25, 0.3) is 0 Å². The Kier molecular flexibility index (Phi) is 5.21. The molecule has 0 bridgehead atoms. The van der Waals surface area contributed by atoms with E-state index in [1.807, 2.05) is 17.0 Å². The minimum absolute atomic E-state index is 0.00877. The third kappa shape index (κ3) is 3.47. The number of amides is 1. The molecule has 6 heteroatoms. The van der Waals surface area contributed by atoms with Gasteiger partial charge in [-0.25, -0.2) is 8.42 Å². The van der Waals surface area contributed by atoms with Crippen LogP contribution in [0.5, 0.6) is 0 Å². The van der Waals surface area contributed by atoms with Crippen molar-refractivity contribution in [3.63, 3.8) is 0 Å². The summed E-state index contributed by atoms with van der Waals surface area (Å²) in [5.41, 5.74) is 0.333. The molecular formula is C19H27NO4S. The first-order chi connectivity index (χ1) is 11.9. The predicted molar refractivity (Wildman–Crippen MR) is 96.1 cm³/mol. The van der Waals surface area contributed by atoms with Crippen LogP contribution in [0.1, 0.15) is 50.5 Å². The highest BCUT2D eigenvalue weighted by molar-refractivity contribution is 7.90. The van der Waals surface area contributed by atoms with E-state index in [2.05, 4.69) is 0 Å². The van der Waals surface area contributed by atoms with Crippen LogP contribution in [0.2, 0.25) is 0 Å². The molecule has 1 aromatic rings. The summed E-state index contributed by atoms with van der Waals surface area (Å²) in [4.78, 5) is 15.6. The van der Waals surface area contributed by atoms with Gasteiger partial charge in [-0.3, -0.25) is 4.79 Å². The van der Waals surface area contributed by atoms with Crippen LogP contribution < -0.4 is 0 Å². The van der Waals surface area contributed by atoms with E-state index in [1.54, 1.807) is 12.1 Å². The van der Waals surface area contributed by atoms with Crippen LogP contribution in [0, 0.1) is 0 Å². The molecule has 1 N–H and O–H groups in total. The van der Waals surface area contributed by atoms with Gasteiger partial charge < -0.3 is 10.0 Å². The third-order valence-electron chi connectivity index (χ3n) is 5.80. The van der Waals surface area contributed by atoms with Crippen molar-refractivity contribution in [3.05, 3.63) is 29.8 Å². The average molecular weight is 365 g/mol. The van der Waals surface area contributed by atoms with E-state index < -0.39 is 15.3 Å². The topological polar surface area (TPSA) is 74.7 Å². The van der Waals surface area contributed by atoms with Gasteiger partial charge in [-0.1, -0.05) is 31.4 Å². The van der Waals surface area contributed by atoms with Gasteiger partial charge in [0, 0.05) is 12.8 Å². The summed E-state index contributed by atoms with van der Waals surface area (Å²) in [6.45, 7) is 0.710. The van der Waals surface area contributed by atoms with E-state index in [9.17, 15) is 18.3 Å². The number of carbonyl (C=O) groups excluding carboxylic acids is 1. The molecule has 1 heterocycles. The lowest BCUT2D eigenvalue weighted by Gasteiger charge is -2.40. The highest BCUT2D eigenvalue weighted by atomic mass is 32.2. The predicted octanol–water partition coefficient (Wildman–Crippen LogP) is 2.28. The van der Waals surface area contributed by atoms with Crippen LogP contribution in [0.15, 0.2) is 29.2 Å². The minimum Gasteiger partial charge on any atom is -0.394 e. The Labute approximate surface area is 150 Å². The molecule has 1 saturated heterocycles. The first kappa shape index (κ1) is 18.4. The van der Waals surface area contributed by atoms with Crippen LogP contribution in [0.25, 0.3) is 0 Å². The van der Waals surface area contributed by atoms with E-state index in [-0.39, 0.29) is 23.5 Å². The fourth-order valence-electron chi connectivity index (χ4n) is 4.37. The quantitative estimate of drug-likeness (QED) is 0.888. The summed E-state index contributed by atoms with van der Waals surface area (Å²) in [5.74, 6) is 0.107. The zero-order valence-corrected chi connectivity index (χ0v) is 15.6. The normalized spacial score (nSPS) is 23.6. The molecule has 1 amide bonds. The number of hydrogen-bond acceptors (Lipinski definition) is 4. The summed E-state index contributed by atoms with van der Waals surface area (Å²) < 4.78 is 23.4. The molecule has 2 aliphatic rings. The van der Waals surface area contributed by atoms with Crippen LogP contribution >= 0.6 is 0 Å². The van der Waals surface area contributed by atoms with Crippen molar-refractivity contribution in [3.8, 4) is 0 Å². The van der Waals surface area contributed by atoms with Crippen molar-refractivity contribution < 1.29 is 18.3 Å². The van der Waals surface area contributed by atoms with E-state index in [0.29, 0.717) is 6.54 Å². The fourth-order valence-corrected chi connectivity index (χ4v) is 5.00. The molecular weight excluding hydrogens is 338 g/mol. The van der Waals surface area contributed by atoms with E-state index in [1.165, 1.54) is 6.26 Å². The number of sulfone groups is 1. The molecule has 0 aromatic heterocycles. The third-order valence-corrected chi connectivity index (χ3v) is 6.93. The zero-order valence-electron chi connectivity index (χ0n) is 14.8. The number of carbonyl (C=O) groups is 1. The molecule has 0 unspecified atom stereocenters. The van der Waals surface area contributed by atoms with E-state index >= 15 is 0 Å². The summed E-state index contributed by atoms with van der Waals surface area (Å²) >= 11 is 0. The molecule has 3 rings (SSSR count). The standard InChI is InChI=1S/C19H27NO4S/c1-25(23,24)17-9-7-15(8-10-17)19(11-3-2-4-12-19)18(22)20-13-5-6-16(20)14-21/h7-10,16,21H,2-6,11-14H2,1H3/t16-/m1/s1. The number of aliphatic hydroxyl groups excluding tert-OH is 1. The van der Waals surface area contributed by atoms with E-state index in [0.717, 1.165) is 50.5 Å². The van der Waals surface area contributed by atoms with Crippen LogP contribution in [0.4, 0.5) is 0 Å². The second kappa shape index (κ2) is 7.08. The smallest absolute Gasteiger partial charge is 0.233 e. The van der Waals surface area contributed by atoms with Crippen molar-refractivity contribution >= 4 is 15.7 Å². The second-order valence-corrected chi connectivity index (χ2v) is 9.43. The van der Waals surface area contributed by atoms with E-state index in [4.69, 9.17) is 0 Å². The lowest BCUT2D eigenvalue weighted by Crippen LogP contribution is -2.50. The Morgan fingerprint density at radius 3 is 2.36 bits per heavy atom. The average Bonchev–Trinajstić information content (AvgIpc) is 3.09. The molecule has 1 aromatic carbocycles. The maximum atomic E-state index is 13.5. The van der Waals surface area contributed by atoms with Gasteiger partial charge in [-0.05, 0) is 43.4 Å². The Morgan fingerprint density at radius 2 is 1.80 bits per heavy atom. The first-order valence-corrected chi connectivity index (χ1v) is 11.0. The summed E-state index contributed by atoms with van der Waals surface area (Å²) in [5, 5.41) is 9.60. The lowest BCUT2D eigenvalue weighted by molar-refractivity contribution is -0.140. The number of likely N-dealkylation sites (tertiary alicyclic amines) is 1.